The van der Waals surface area contributed by atoms with E-state index in [0.717, 1.165) is 52.4 Å². The monoisotopic (exact) mass is 391 g/mol. The van der Waals surface area contributed by atoms with Gasteiger partial charge in [-0.2, -0.15) is 4.98 Å². The minimum atomic E-state index is -0.0429. The van der Waals surface area contributed by atoms with Crippen molar-refractivity contribution < 1.29 is 4.79 Å². The molecule has 0 aliphatic heterocycles. The van der Waals surface area contributed by atoms with Gasteiger partial charge in [-0.1, -0.05) is 31.4 Å². The van der Waals surface area contributed by atoms with Crippen molar-refractivity contribution in [3.63, 3.8) is 0 Å². The van der Waals surface area contributed by atoms with Gasteiger partial charge in [0, 0.05) is 28.6 Å². The fourth-order valence-corrected chi connectivity index (χ4v) is 4.25. The third kappa shape index (κ3) is 3.88. The van der Waals surface area contributed by atoms with Crippen LogP contribution in [-0.4, -0.2) is 25.5 Å². The minimum Gasteiger partial charge on any atom is -0.326 e. The van der Waals surface area contributed by atoms with E-state index in [1.807, 2.05) is 50.4 Å². The van der Waals surface area contributed by atoms with Crippen LogP contribution in [0.5, 0.6) is 0 Å². The molecule has 2 aromatic heterocycles. The average Bonchev–Trinajstić information content (AvgIpc) is 3.13. The maximum Gasteiger partial charge on any atom is 0.252 e. The summed E-state index contributed by atoms with van der Waals surface area (Å²) in [5.74, 6) is 1.93. The first-order valence-electron chi connectivity index (χ1n) is 10.5. The van der Waals surface area contributed by atoms with Gasteiger partial charge in [0.2, 0.25) is 5.91 Å². The van der Waals surface area contributed by atoms with Gasteiger partial charge < -0.3 is 5.32 Å². The van der Waals surface area contributed by atoms with Gasteiger partial charge in [-0.3, -0.25) is 4.79 Å². The minimum absolute atomic E-state index is 0.0429. The summed E-state index contributed by atoms with van der Waals surface area (Å²) in [6, 6.07) is 5.95. The first kappa shape index (κ1) is 19.6. The number of hydrogen-bond acceptors (Lipinski definition) is 4. The highest BCUT2D eigenvalue weighted by Gasteiger charge is 2.22. The molecule has 1 aliphatic rings. The van der Waals surface area contributed by atoms with Crippen molar-refractivity contribution in [2.75, 3.05) is 5.32 Å². The van der Waals surface area contributed by atoms with Gasteiger partial charge in [-0.05, 0) is 57.7 Å². The molecule has 1 saturated carbocycles. The molecule has 6 nitrogen and oxygen atoms in total. The quantitative estimate of drug-likeness (QED) is 0.706. The van der Waals surface area contributed by atoms with Crippen molar-refractivity contribution in [2.24, 2.45) is 0 Å². The molecular weight excluding hydrogens is 362 g/mol. The summed E-state index contributed by atoms with van der Waals surface area (Å²) in [5, 5.41) is 7.81. The Bertz CT molecular complexity index is 1060. The highest BCUT2D eigenvalue weighted by atomic mass is 16.1. The summed E-state index contributed by atoms with van der Waals surface area (Å²) in [6.07, 6.45) is 6.37. The van der Waals surface area contributed by atoms with Crippen LogP contribution in [0.3, 0.4) is 0 Å². The van der Waals surface area contributed by atoms with Crippen molar-refractivity contribution in [1.29, 1.82) is 0 Å². The lowest BCUT2D eigenvalue weighted by molar-refractivity contribution is -0.115. The third-order valence-electron chi connectivity index (χ3n) is 6.25. The van der Waals surface area contributed by atoms with Gasteiger partial charge in [-0.15, -0.1) is 5.10 Å². The Kier molecular flexibility index (Phi) is 5.35. The van der Waals surface area contributed by atoms with Gasteiger partial charge >= 0.3 is 0 Å². The fourth-order valence-electron chi connectivity index (χ4n) is 4.25. The lowest BCUT2D eigenvalue weighted by Gasteiger charge is -2.17. The van der Waals surface area contributed by atoms with E-state index in [9.17, 15) is 4.79 Å². The maximum absolute atomic E-state index is 12.8. The Morgan fingerprint density at radius 2 is 1.86 bits per heavy atom. The van der Waals surface area contributed by atoms with E-state index < -0.39 is 0 Å². The van der Waals surface area contributed by atoms with Crippen molar-refractivity contribution in [3.8, 4) is 0 Å². The van der Waals surface area contributed by atoms with E-state index in [4.69, 9.17) is 10.1 Å². The van der Waals surface area contributed by atoms with Crippen LogP contribution in [0.1, 0.15) is 71.9 Å². The second-order valence-electron chi connectivity index (χ2n) is 8.25. The van der Waals surface area contributed by atoms with Crippen LogP contribution < -0.4 is 5.32 Å². The van der Waals surface area contributed by atoms with Crippen LogP contribution in [0.2, 0.25) is 0 Å². The van der Waals surface area contributed by atoms with Crippen LogP contribution in [-0.2, 0) is 11.2 Å². The Morgan fingerprint density at radius 3 is 2.62 bits per heavy atom. The Labute approximate surface area is 171 Å². The Hall–Kier alpha value is -2.76. The SMILES string of the molecule is Cc1cccc(NC(=O)Cc2c(C)nc3nc(C4CCCCC4)nn3c2C)c1C. The number of rotatable bonds is 4. The van der Waals surface area contributed by atoms with Crippen molar-refractivity contribution >= 4 is 17.4 Å². The van der Waals surface area contributed by atoms with Crippen LogP contribution in [0.25, 0.3) is 5.78 Å². The number of carbonyl (C=O) groups is 1. The summed E-state index contributed by atoms with van der Waals surface area (Å²) in [4.78, 5) is 22.1. The van der Waals surface area contributed by atoms with Crippen molar-refractivity contribution in [1.82, 2.24) is 19.6 Å². The van der Waals surface area contributed by atoms with Gasteiger partial charge in [0.1, 0.15) is 0 Å². The molecule has 0 atom stereocenters. The van der Waals surface area contributed by atoms with Gasteiger partial charge in [-0.25, -0.2) is 9.50 Å². The first-order chi connectivity index (χ1) is 13.9. The number of carbonyl (C=O) groups excluding carboxylic acids is 1. The number of amides is 1. The van der Waals surface area contributed by atoms with E-state index in [1.54, 1.807) is 0 Å². The average molecular weight is 392 g/mol. The van der Waals surface area contributed by atoms with Crippen LogP contribution in [0.4, 0.5) is 5.69 Å². The van der Waals surface area contributed by atoms with Crippen molar-refractivity contribution in [2.45, 2.75) is 72.1 Å². The van der Waals surface area contributed by atoms with Gasteiger partial charge in [0.15, 0.2) is 5.82 Å². The summed E-state index contributed by atoms with van der Waals surface area (Å²) in [6.45, 7) is 8.02. The molecule has 152 valence electrons. The maximum atomic E-state index is 12.8. The molecule has 1 N–H and O–H groups in total. The highest BCUT2D eigenvalue weighted by molar-refractivity contribution is 5.93. The summed E-state index contributed by atoms with van der Waals surface area (Å²) in [7, 11) is 0. The molecule has 4 rings (SSSR count). The zero-order valence-electron chi connectivity index (χ0n) is 17.7. The first-order valence-corrected chi connectivity index (χ1v) is 10.5. The summed E-state index contributed by atoms with van der Waals surface area (Å²) in [5.41, 5.74) is 5.82. The van der Waals surface area contributed by atoms with Crippen molar-refractivity contribution in [3.05, 3.63) is 52.1 Å². The topological polar surface area (TPSA) is 72.2 Å². The molecule has 0 radical (unpaired) electrons. The molecule has 3 aromatic rings. The van der Waals surface area contributed by atoms with E-state index in [0.29, 0.717) is 11.7 Å². The number of aryl methyl sites for hydroxylation is 3. The number of nitrogens with zero attached hydrogens (tertiary/aromatic N) is 4. The van der Waals surface area contributed by atoms with Gasteiger partial charge in [0.25, 0.3) is 5.78 Å². The zero-order valence-corrected chi connectivity index (χ0v) is 17.7. The standard InChI is InChI=1S/C23H29N5O/c1-14-9-8-12-20(15(14)2)25-21(29)13-19-16(3)24-23-26-22(27-28(23)17(19)4)18-10-6-5-7-11-18/h8-9,12,18H,5-7,10-11,13H2,1-4H3,(H,25,29). The molecule has 0 bridgehead atoms. The van der Waals surface area contributed by atoms with E-state index >= 15 is 0 Å². The third-order valence-corrected chi connectivity index (χ3v) is 6.25. The fraction of sp³-hybridized carbons (Fsp3) is 0.478. The van der Waals surface area contributed by atoms with E-state index in [1.165, 1.54) is 19.3 Å². The predicted octanol–water partition coefficient (Wildman–Crippen LogP) is 4.59. The van der Waals surface area contributed by atoms with Crippen LogP contribution in [0, 0.1) is 27.7 Å². The second kappa shape index (κ2) is 7.93. The highest BCUT2D eigenvalue weighted by Crippen LogP contribution is 2.31. The summed E-state index contributed by atoms with van der Waals surface area (Å²) < 4.78 is 1.82. The molecule has 0 saturated heterocycles. The normalized spacial score (nSPS) is 15.0. The number of hydrogen-bond donors (Lipinski definition) is 1. The van der Waals surface area contributed by atoms with Crippen LogP contribution in [0.15, 0.2) is 18.2 Å². The molecule has 0 spiro atoms. The molecule has 1 fully saturated rings. The number of aromatic nitrogens is 4. The molecule has 6 heteroatoms. The number of nitrogens with one attached hydrogen (secondary N) is 1. The zero-order chi connectivity index (χ0) is 20.5. The van der Waals surface area contributed by atoms with E-state index in [2.05, 4.69) is 10.3 Å². The predicted molar refractivity (Wildman–Crippen MR) is 114 cm³/mol. The smallest absolute Gasteiger partial charge is 0.252 e. The molecular formula is C23H29N5O. The number of benzene rings is 1. The molecule has 1 amide bonds. The number of anilines is 1. The molecule has 29 heavy (non-hydrogen) atoms. The molecule has 0 unspecified atom stereocenters. The molecule has 1 aliphatic carbocycles. The molecule has 2 heterocycles. The largest absolute Gasteiger partial charge is 0.326 e. The lowest BCUT2D eigenvalue weighted by Crippen LogP contribution is -2.18. The number of fused-ring (bicyclic) bond motifs is 1. The summed E-state index contributed by atoms with van der Waals surface area (Å²) >= 11 is 0. The van der Waals surface area contributed by atoms with Crippen LogP contribution >= 0.6 is 0 Å². The Morgan fingerprint density at radius 1 is 1.10 bits per heavy atom. The van der Waals surface area contributed by atoms with E-state index in [-0.39, 0.29) is 12.3 Å². The lowest BCUT2D eigenvalue weighted by atomic mass is 9.89. The Balaban J connectivity index is 1.59. The second-order valence-corrected chi connectivity index (χ2v) is 8.25. The molecule has 1 aromatic carbocycles. The van der Waals surface area contributed by atoms with Gasteiger partial charge in [0.05, 0.1) is 6.42 Å².